The van der Waals surface area contributed by atoms with Gasteiger partial charge in [0.25, 0.3) is 0 Å². The van der Waals surface area contributed by atoms with Crippen LogP contribution in [-0.2, 0) is 4.79 Å². The Balaban J connectivity index is 2.57. The SMILES string of the molecule is Cc1ccc(C(=N)NCC(=O)N=O)cc1. The average molecular weight is 205 g/mol. The summed E-state index contributed by atoms with van der Waals surface area (Å²) in [4.78, 5) is 20.4. The summed E-state index contributed by atoms with van der Waals surface area (Å²) in [6, 6.07) is 7.27. The van der Waals surface area contributed by atoms with Gasteiger partial charge in [0.05, 0.1) is 0 Å². The van der Waals surface area contributed by atoms with Gasteiger partial charge in [-0.1, -0.05) is 29.8 Å². The number of carbonyl (C=O) groups is 1. The number of hydrogen-bond donors (Lipinski definition) is 2. The van der Waals surface area contributed by atoms with Crippen LogP contribution >= 0.6 is 0 Å². The molecule has 0 aliphatic carbocycles. The molecule has 0 heterocycles. The van der Waals surface area contributed by atoms with Crippen LogP contribution < -0.4 is 5.32 Å². The molecule has 0 aliphatic rings. The monoisotopic (exact) mass is 205 g/mol. The van der Waals surface area contributed by atoms with Gasteiger partial charge in [0.2, 0.25) is 0 Å². The van der Waals surface area contributed by atoms with Crippen molar-refractivity contribution in [3.8, 4) is 0 Å². The van der Waals surface area contributed by atoms with Crippen LogP contribution in [0.15, 0.2) is 29.4 Å². The molecular weight excluding hydrogens is 194 g/mol. The second kappa shape index (κ2) is 4.99. The number of benzene rings is 1. The summed E-state index contributed by atoms with van der Waals surface area (Å²) < 4.78 is 0. The van der Waals surface area contributed by atoms with Crippen LogP contribution in [0.3, 0.4) is 0 Å². The number of aryl methyl sites for hydroxylation is 1. The first-order valence-electron chi connectivity index (χ1n) is 4.39. The van der Waals surface area contributed by atoms with Crippen LogP contribution in [0.4, 0.5) is 0 Å². The topological polar surface area (TPSA) is 82.4 Å². The molecule has 0 unspecified atom stereocenters. The summed E-state index contributed by atoms with van der Waals surface area (Å²) in [5.74, 6) is -0.709. The number of amidine groups is 1. The largest absolute Gasteiger partial charge is 0.361 e. The Bertz CT molecular complexity index is 384. The Morgan fingerprint density at radius 1 is 1.40 bits per heavy atom. The second-order valence-corrected chi connectivity index (χ2v) is 3.08. The van der Waals surface area contributed by atoms with Gasteiger partial charge in [0.15, 0.2) is 0 Å². The van der Waals surface area contributed by atoms with E-state index in [1.165, 1.54) is 0 Å². The minimum absolute atomic E-state index is 0.104. The van der Waals surface area contributed by atoms with Gasteiger partial charge in [-0.15, -0.1) is 4.91 Å². The van der Waals surface area contributed by atoms with Gasteiger partial charge in [0.1, 0.15) is 12.4 Å². The lowest BCUT2D eigenvalue weighted by atomic mass is 10.1. The molecule has 1 amide bonds. The molecule has 1 aromatic rings. The summed E-state index contributed by atoms with van der Waals surface area (Å²) in [5.41, 5.74) is 1.76. The molecule has 0 bridgehead atoms. The van der Waals surface area contributed by atoms with Gasteiger partial charge < -0.3 is 5.32 Å². The first-order valence-corrected chi connectivity index (χ1v) is 4.39. The minimum atomic E-state index is -0.813. The fourth-order valence-electron chi connectivity index (χ4n) is 1.02. The van der Waals surface area contributed by atoms with Gasteiger partial charge in [0, 0.05) is 10.7 Å². The molecule has 5 heteroatoms. The van der Waals surface area contributed by atoms with E-state index in [1.54, 1.807) is 12.1 Å². The van der Waals surface area contributed by atoms with Crippen LogP contribution in [0.5, 0.6) is 0 Å². The quantitative estimate of drug-likeness (QED) is 0.442. The van der Waals surface area contributed by atoms with E-state index >= 15 is 0 Å². The molecule has 0 spiro atoms. The highest BCUT2D eigenvalue weighted by Crippen LogP contribution is 2.02. The molecule has 0 fully saturated rings. The van der Waals surface area contributed by atoms with E-state index in [9.17, 15) is 9.70 Å². The van der Waals surface area contributed by atoms with Crippen LogP contribution in [-0.4, -0.2) is 18.3 Å². The van der Waals surface area contributed by atoms with Crippen molar-refractivity contribution in [3.63, 3.8) is 0 Å². The molecule has 0 aromatic heterocycles. The van der Waals surface area contributed by atoms with Crippen molar-refractivity contribution in [2.75, 3.05) is 6.54 Å². The third-order valence-electron chi connectivity index (χ3n) is 1.86. The highest BCUT2D eigenvalue weighted by molar-refractivity contribution is 5.98. The first kappa shape index (κ1) is 11.0. The molecule has 78 valence electrons. The zero-order chi connectivity index (χ0) is 11.3. The van der Waals surface area contributed by atoms with E-state index in [0.717, 1.165) is 5.56 Å². The third kappa shape index (κ3) is 3.30. The van der Waals surface area contributed by atoms with Crippen molar-refractivity contribution < 1.29 is 4.79 Å². The fourth-order valence-corrected chi connectivity index (χ4v) is 1.02. The van der Waals surface area contributed by atoms with Crippen LogP contribution in [0.25, 0.3) is 0 Å². The minimum Gasteiger partial charge on any atom is -0.361 e. The molecule has 2 N–H and O–H groups in total. The predicted molar refractivity (Wildman–Crippen MR) is 56.8 cm³/mol. The number of nitroso groups, excluding NO2 is 1. The van der Waals surface area contributed by atoms with Crippen molar-refractivity contribution >= 4 is 11.7 Å². The molecule has 5 nitrogen and oxygen atoms in total. The molecular formula is C10H11N3O2. The highest BCUT2D eigenvalue weighted by Gasteiger charge is 2.03. The smallest absolute Gasteiger partial charge is 0.305 e. The Morgan fingerprint density at radius 2 is 2.00 bits per heavy atom. The normalized spacial score (nSPS) is 9.40. The lowest BCUT2D eigenvalue weighted by Crippen LogP contribution is -2.28. The Morgan fingerprint density at radius 3 is 2.53 bits per heavy atom. The molecule has 1 rings (SSSR count). The summed E-state index contributed by atoms with van der Waals surface area (Å²) in [6.07, 6.45) is 0. The summed E-state index contributed by atoms with van der Waals surface area (Å²) in [7, 11) is 0. The Hall–Kier alpha value is -2.04. The van der Waals surface area contributed by atoms with E-state index in [1.807, 2.05) is 19.1 Å². The summed E-state index contributed by atoms with van der Waals surface area (Å²) in [6.45, 7) is 1.71. The van der Waals surface area contributed by atoms with Gasteiger partial charge >= 0.3 is 5.91 Å². The van der Waals surface area contributed by atoms with Crippen molar-refractivity contribution in [2.24, 2.45) is 5.18 Å². The number of hydrogen-bond acceptors (Lipinski definition) is 3. The molecule has 0 saturated carbocycles. The molecule has 1 aromatic carbocycles. The maximum atomic E-state index is 10.6. The van der Waals surface area contributed by atoms with E-state index in [2.05, 4.69) is 10.5 Å². The van der Waals surface area contributed by atoms with Crippen molar-refractivity contribution in [3.05, 3.63) is 40.3 Å². The van der Waals surface area contributed by atoms with Gasteiger partial charge in [-0.3, -0.25) is 10.2 Å². The first-order chi connectivity index (χ1) is 7.13. The number of amides is 1. The number of rotatable bonds is 3. The molecule has 0 radical (unpaired) electrons. The van der Waals surface area contributed by atoms with Crippen molar-refractivity contribution in [1.82, 2.24) is 5.32 Å². The van der Waals surface area contributed by atoms with E-state index in [-0.39, 0.29) is 12.4 Å². The summed E-state index contributed by atoms with van der Waals surface area (Å²) >= 11 is 0. The van der Waals surface area contributed by atoms with Gasteiger partial charge in [-0.05, 0) is 6.92 Å². The molecule has 0 atom stereocenters. The van der Waals surface area contributed by atoms with E-state index < -0.39 is 5.91 Å². The van der Waals surface area contributed by atoms with E-state index in [0.29, 0.717) is 5.56 Å². The van der Waals surface area contributed by atoms with Gasteiger partial charge in [-0.2, -0.15) is 0 Å². The third-order valence-corrected chi connectivity index (χ3v) is 1.86. The molecule has 0 saturated heterocycles. The summed E-state index contributed by atoms with van der Waals surface area (Å²) in [5, 5.41) is 12.3. The zero-order valence-corrected chi connectivity index (χ0v) is 8.28. The Labute approximate surface area is 87.0 Å². The zero-order valence-electron chi connectivity index (χ0n) is 8.28. The van der Waals surface area contributed by atoms with Gasteiger partial charge in [-0.25, -0.2) is 0 Å². The fraction of sp³-hybridized carbons (Fsp3) is 0.200. The van der Waals surface area contributed by atoms with Crippen LogP contribution in [0, 0.1) is 17.2 Å². The van der Waals surface area contributed by atoms with Crippen molar-refractivity contribution in [1.29, 1.82) is 5.41 Å². The maximum Gasteiger partial charge on any atom is 0.305 e. The predicted octanol–water partition coefficient (Wildman–Crippen LogP) is 1.20. The lowest BCUT2D eigenvalue weighted by Gasteiger charge is -2.05. The van der Waals surface area contributed by atoms with Crippen LogP contribution in [0.2, 0.25) is 0 Å². The molecule has 0 aliphatic heterocycles. The van der Waals surface area contributed by atoms with Crippen molar-refractivity contribution in [2.45, 2.75) is 6.92 Å². The molecule has 15 heavy (non-hydrogen) atoms. The van der Waals surface area contributed by atoms with E-state index in [4.69, 9.17) is 5.41 Å². The average Bonchev–Trinajstić information content (AvgIpc) is 2.26. The lowest BCUT2D eigenvalue weighted by molar-refractivity contribution is -0.116. The van der Waals surface area contributed by atoms with Crippen LogP contribution in [0.1, 0.15) is 11.1 Å². The standard InChI is InChI=1S/C10H11N3O2/c1-7-2-4-8(5-3-7)10(11)12-6-9(14)13-15/h2-5H,6H2,1H3,(H2,11,12). The number of carbonyl (C=O) groups excluding carboxylic acids is 1. The Kier molecular flexibility index (Phi) is 3.68. The second-order valence-electron chi connectivity index (χ2n) is 3.08. The maximum absolute atomic E-state index is 10.6. The number of nitrogens with zero attached hydrogens (tertiary/aromatic N) is 1. The number of nitrogens with one attached hydrogen (secondary N) is 2. The highest BCUT2D eigenvalue weighted by atomic mass is 16.3.